The van der Waals surface area contributed by atoms with Crippen LogP contribution in [-0.4, -0.2) is 15.1 Å². The van der Waals surface area contributed by atoms with E-state index in [9.17, 15) is 5.11 Å². The van der Waals surface area contributed by atoms with Crippen molar-refractivity contribution in [1.82, 2.24) is 9.97 Å². The molecule has 0 aliphatic rings. The molecule has 3 aromatic rings. The lowest BCUT2D eigenvalue weighted by Crippen LogP contribution is -2.01. The maximum absolute atomic E-state index is 9.78. The molecule has 3 rings (SSSR count). The summed E-state index contributed by atoms with van der Waals surface area (Å²) in [4.78, 5) is 8.81. The highest BCUT2D eigenvalue weighted by atomic mass is 16.5. The molecule has 5 nitrogen and oxygen atoms in total. The van der Waals surface area contributed by atoms with E-state index in [-0.39, 0.29) is 0 Å². The molecule has 0 spiro atoms. The first-order chi connectivity index (χ1) is 13.0. The van der Waals surface area contributed by atoms with Crippen LogP contribution in [0.25, 0.3) is 0 Å². The van der Waals surface area contributed by atoms with Crippen LogP contribution in [0.4, 0.5) is 0 Å². The van der Waals surface area contributed by atoms with E-state index in [4.69, 9.17) is 10.00 Å². The summed E-state index contributed by atoms with van der Waals surface area (Å²) in [7, 11) is 0. The molecule has 0 amide bonds. The van der Waals surface area contributed by atoms with Crippen molar-refractivity contribution in [2.75, 3.05) is 0 Å². The fourth-order valence-corrected chi connectivity index (χ4v) is 2.89. The number of aliphatic hydroxyl groups is 1. The molecule has 0 aliphatic carbocycles. The Hall–Kier alpha value is -3.23. The first-order valence-corrected chi connectivity index (χ1v) is 8.74. The minimum absolute atomic E-state index is 0.477. The molecule has 0 saturated heterocycles. The van der Waals surface area contributed by atoms with Crippen LogP contribution in [0.2, 0.25) is 0 Å². The molecule has 0 fully saturated rings. The number of nitrogens with zero attached hydrogens (tertiary/aromatic N) is 3. The van der Waals surface area contributed by atoms with Gasteiger partial charge in [-0.3, -0.25) is 0 Å². The van der Waals surface area contributed by atoms with Crippen LogP contribution in [0, 0.1) is 25.2 Å². The monoisotopic (exact) mass is 359 g/mol. The van der Waals surface area contributed by atoms with Gasteiger partial charge in [0.15, 0.2) is 0 Å². The second kappa shape index (κ2) is 7.98. The molecule has 2 aromatic carbocycles. The molecule has 0 aliphatic heterocycles. The molecule has 5 heteroatoms. The summed E-state index contributed by atoms with van der Waals surface area (Å²) in [6.07, 6.45) is 1.72. The highest BCUT2D eigenvalue weighted by Gasteiger charge is 2.11. The van der Waals surface area contributed by atoms with Gasteiger partial charge in [-0.15, -0.1) is 0 Å². The molecule has 1 aromatic heterocycles. The number of aromatic nitrogens is 2. The SMILES string of the molecule is Cc1cc(C(C)O)cc(C)c1Oc1ccnc(Cc2ccc(C#N)cc2)n1. The zero-order valence-corrected chi connectivity index (χ0v) is 15.6. The van der Waals surface area contributed by atoms with Gasteiger partial charge in [0.25, 0.3) is 0 Å². The highest BCUT2D eigenvalue weighted by Crippen LogP contribution is 2.30. The Morgan fingerprint density at radius 2 is 1.78 bits per heavy atom. The third-order valence-corrected chi connectivity index (χ3v) is 4.30. The van der Waals surface area contributed by atoms with Crippen LogP contribution in [0.15, 0.2) is 48.7 Å². The van der Waals surface area contributed by atoms with Gasteiger partial charge in [0.2, 0.25) is 5.88 Å². The van der Waals surface area contributed by atoms with Gasteiger partial charge in [-0.2, -0.15) is 10.2 Å². The van der Waals surface area contributed by atoms with Crippen molar-refractivity contribution < 1.29 is 9.84 Å². The topological polar surface area (TPSA) is 79.0 Å². The van der Waals surface area contributed by atoms with Crippen LogP contribution in [0.5, 0.6) is 11.6 Å². The summed E-state index contributed by atoms with van der Waals surface area (Å²) in [5.74, 6) is 1.86. The minimum atomic E-state index is -0.519. The minimum Gasteiger partial charge on any atom is -0.438 e. The van der Waals surface area contributed by atoms with E-state index in [1.54, 1.807) is 31.3 Å². The van der Waals surface area contributed by atoms with Gasteiger partial charge in [-0.1, -0.05) is 12.1 Å². The van der Waals surface area contributed by atoms with E-state index in [1.165, 1.54) is 0 Å². The maximum Gasteiger partial charge on any atom is 0.222 e. The molecule has 0 saturated carbocycles. The van der Waals surface area contributed by atoms with Gasteiger partial charge in [0.05, 0.1) is 17.7 Å². The Morgan fingerprint density at radius 3 is 2.37 bits per heavy atom. The second-order valence-corrected chi connectivity index (χ2v) is 6.56. The lowest BCUT2D eigenvalue weighted by Gasteiger charge is -2.14. The third kappa shape index (κ3) is 4.49. The fourth-order valence-electron chi connectivity index (χ4n) is 2.89. The van der Waals surface area contributed by atoms with Gasteiger partial charge in [-0.05, 0) is 67.3 Å². The zero-order chi connectivity index (χ0) is 19.4. The summed E-state index contributed by atoms with van der Waals surface area (Å²) in [6.45, 7) is 5.65. The molecule has 1 unspecified atom stereocenters. The molecule has 0 bridgehead atoms. The summed E-state index contributed by atoms with van der Waals surface area (Å²) in [5.41, 5.74) is 4.40. The van der Waals surface area contributed by atoms with Crippen molar-refractivity contribution >= 4 is 0 Å². The lowest BCUT2D eigenvalue weighted by atomic mass is 10.0. The van der Waals surface area contributed by atoms with Gasteiger partial charge >= 0.3 is 0 Å². The zero-order valence-electron chi connectivity index (χ0n) is 15.6. The first kappa shape index (κ1) is 18.6. The van der Waals surface area contributed by atoms with Crippen LogP contribution < -0.4 is 4.74 Å². The van der Waals surface area contributed by atoms with Crippen LogP contribution in [-0.2, 0) is 6.42 Å². The van der Waals surface area contributed by atoms with E-state index in [0.717, 1.165) is 28.0 Å². The largest absolute Gasteiger partial charge is 0.438 e. The Balaban J connectivity index is 1.81. The molecule has 1 N–H and O–H groups in total. The normalized spacial score (nSPS) is 11.7. The average molecular weight is 359 g/mol. The van der Waals surface area contributed by atoms with Crippen molar-refractivity contribution in [2.45, 2.75) is 33.3 Å². The van der Waals surface area contributed by atoms with E-state index in [2.05, 4.69) is 16.0 Å². The molecule has 0 radical (unpaired) electrons. The van der Waals surface area contributed by atoms with Gasteiger partial charge in [0.1, 0.15) is 11.6 Å². The highest BCUT2D eigenvalue weighted by molar-refractivity contribution is 5.45. The summed E-state index contributed by atoms with van der Waals surface area (Å²) < 4.78 is 6.01. The maximum atomic E-state index is 9.78. The van der Waals surface area contributed by atoms with Gasteiger partial charge < -0.3 is 9.84 Å². The molecule has 1 atom stereocenters. The molecule has 136 valence electrons. The van der Waals surface area contributed by atoms with E-state index in [0.29, 0.717) is 23.7 Å². The fraction of sp³-hybridized carbons (Fsp3) is 0.227. The van der Waals surface area contributed by atoms with E-state index >= 15 is 0 Å². The van der Waals surface area contributed by atoms with Crippen molar-refractivity contribution in [3.63, 3.8) is 0 Å². The number of aliphatic hydroxyl groups excluding tert-OH is 1. The molecule has 27 heavy (non-hydrogen) atoms. The summed E-state index contributed by atoms with van der Waals surface area (Å²) >= 11 is 0. The Bertz CT molecular complexity index is 966. The smallest absolute Gasteiger partial charge is 0.222 e. The first-order valence-electron chi connectivity index (χ1n) is 8.74. The third-order valence-electron chi connectivity index (χ3n) is 4.30. The number of benzene rings is 2. The van der Waals surface area contributed by atoms with Crippen molar-refractivity contribution in [3.8, 4) is 17.7 Å². The Labute approximate surface area is 158 Å². The predicted molar refractivity (Wildman–Crippen MR) is 103 cm³/mol. The van der Waals surface area contributed by atoms with Gasteiger partial charge in [0, 0.05) is 18.7 Å². The Morgan fingerprint density at radius 1 is 1.11 bits per heavy atom. The molecular weight excluding hydrogens is 338 g/mol. The Kier molecular flexibility index (Phi) is 5.49. The van der Waals surface area contributed by atoms with Crippen molar-refractivity contribution in [3.05, 3.63) is 82.3 Å². The summed E-state index contributed by atoms with van der Waals surface area (Å²) in [5, 5.41) is 18.7. The van der Waals surface area contributed by atoms with Crippen LogP contribution in [0.1, 0.15) is 46.7 Å². The van der Waals surface area contributed by atoms with Crippen molar-refractivity contribution in [2.24, 2.45) is 0 Å². The van der Waals surface area contributed by atoms with E-state index in [1.807, 2.05) is 38.1 Å². The number of hydrogen-bond donors (Lipinski definition) is 1. The average Bonchev–Trinajstić information content (AvgIpc) is 2.65. The van der Waals surface area contributed by atoms with Crippen molar-refractivity contribution in [1.29, 1.82) is 5.26 Å². The number of nitriles is 1. The quantitative estimate of drug-likeness (QED) is 0.730. The predicted octanol–water partition coefficient (Wildman–Crippen LogP) is 4.40. The standard InChI is InChI=1S/C22H21N3O2/c1-14-10-19(16(3)26)11-15(2)22(14)27-21-8-9-24-20(25-21)12-17-4-6-18(13-23)7-5-17/h4-11,16,26H,12H2,1-3H3. The number of rotatable bonds is 5. The molecule has 1 heterocycles. The van der Waals surface area contributed by atoms with Gasteiger partial charge in [-0.25, -0.2) is 4.98 Å². The number of aryl methyl sites for hydroxylation is 2. The van der Waals surface area contributed by atoms with Crippen LogP contribution >= 0.6 is 0 Å². The second-order valence-electron chi connectivity index (χ2n) is 6.56. The van der Waals surface area contributed by atoms with E-state index < -0.39 is 6.10 Å². The number of hydrogen-bond acceptors (Lipinski definition) is 5. The van der Waals surface area contributed by atoms with Crippen LogP contribution in [0.3, 0.4) is 0 Å². The summed E-state index contributed by atoms with van der Waals surface area (Å²) in [6, 6.07) is 15.1. The number of ether oxygens (including phenoxy) is 1. The molecular formula is C22H21N3O2. The lowest BCUT2D eigenvalue weighted by molar-refractivity contribution is 0.199.